The summed E-state index contributed by atoms with van der Waals surface area (Å²) >= 11 is 0. The summed E-state index contributed by atoms with van der Waals surface area (Å²) in [4.78, 5) is 3.53. The molecule has 1 aliphatic rings. The molecule has 0 saturated heterocycles. The second-order valence-electron chi connectivity index (χ2n) is 3.14. The van der Waals surface area contributed by atoms with Gasteiger partial charge in [-0.15, -0.1) is 0 Å². The molecule has 1 heterocycles. The summed E-state index contributed by atoms with van der Waals surface area (Å²) in [7, 11) is 0. The normalized spacial score (nSPS) is 16.1. The number of halogens is 3. The number of alkyl halides is 3. The van der Waals surface area contributed by atoms with Crippen LogP contribution >= 0.6 is 0 Å². The van der Waals surface area contributed by atoms with Crippen LogP contribution < -0.4 is 0 Å². The van der Waals surface area contributed by atoms with E-state index in [0.29, 0.717) is 6.42 Å². The third-order valence-corrected chi connectivity index (χ3v) is 2.19. The number of rotatable bonds is 0. The van der Waals surface area contributed by atoms with Crippen molar-refractivity contribution < 1.29 is 13.2 Å². The minimum Gasteiger partial charge on any atom is -0.280 e. The van der Waals surface area contributed by atoms with Crippen LogP contribution in [0.25, 0.3) is 0 Å². The van der Waals surface area contributed by atoms with Gasteiger partial charge in [-0.25, -0.2) is 0 Å². The highest BCUT2D eigenvalue weighted by atomic mass is 19.4. The van der Waals surface area contributed by atoms with E-state index in [1.54, 1.807) is 18.2 Å². The van der Waals surface area contributed by atoms with Crippen molar-refractivity contribution in [1.29, 1.82) is 0 Å². The number of benzene rings is 1. The van der Waals surface area contributed by atoms with Gasteiger partial charge in [0.1, 0.15) is 5.71 Å². The van der Waals surface area contributed by atoms with Crippen molar-refractivity contribution in [2.24, 2.45) is 4.99 Å². The number of hydrogen-bond acceptors (Lipinski definition) is 1. The van der Waals surface area contributed by atoms with Crippen LogP contribution in [-0.4, -0.2) is 18.4 Å². The zero-order valence-electron chi connectivity index (χ0n) is 7.30. The van der Waals surface area contributed by atoms with Gasteiger partial charge < -0.3 is 0 Å². The molecule has 0 radical (unpaired) electrons. The Balaban J connectivity index is 2.51. The summed E-state index contributed by atoms with van der Waals surface area (Å²) < 4.78 is 37.5. The lowest BCUT2D eigenvalue weighted by atomic mass is 9.97. The van der Waals surface area contributed by atoms with E-state index >= 15 is 0 Å². The zero-order valence-corrected chi connectivity index (χ0v) is 7.30. The Morgan fingerprint density at radius 3 is 2.57 bits per heavy atom. The Kier molecular flexibility index (Phi) is 2.06. The summed E-state index contributed by atoms with van der Waals surface area (Å²) in [5, 5.41) is 0. The lowest BCUT2D eigenvalue weighted by Crippen LogP contribution is -2.28. The van der Waals surface area contributed by atoms with E-state index < -0.39 is 11.9 Å². The summed E-state index contributed by atoms with van der Waals surface area (Å²) in [6, 6.07) is 6.54. The van der Waals surface area contributed by atoms with E-state index in [2.05, 4.69) is 4.99 Å². The molecule has 0 saturated carbocycles. The monoisotopic (exact) mass is 199 g/mol. The van der Waals surface area contributed by atoms with E-state index in [9.17, 15) is 13.2 Å². The molecular weight excluding hydrogens is 191 g/mol. The lowest BCUT2D eigenvalue weighted by molar-refractivity contribution is -0.0584. The first-order valence-electron chi connectivity index (χ1n) is 4.29. The average molecular weight is 199 g/mol. The topological polar surface area (TPSA) is 12.4 Å². The third kappa shape index (κ3) is 1.52. The van der Waals surface area contributed by atoms with Crippen LogP contribution in [0, 0.1) is 0 Å². The van der Waals surface area contributed by atoms with Crippen molar-refractivity contribution in [2.75, 3.05) is 6.54 Å². The van der Waals surface area contributed by atoms with Crippen LogP contribution in [0.1, 0.15) is 11.1 Å². The first kappa shape index (κ1) is 9.24. The molecular formula is C10H8F3N. The maximum absolute atomic E-state index is 12.5. The Morgan fingerprint density at radius 2 is 1.86 bits per heavy atom. The number of aliphatic imine (C=N–C) groups is 1. The maximum Gasteiger partial charge on any atom is 0.433 e. The van der Waals surface area contributed by atoms with Crippen LogP contribution in [0.2, 0.25) is 0 Å². The molecule has 0 atom stereocenters. The van der Waals surface area contributed by atoms with E-state index in [0.717, 1.165) is 5.56 Å². The molecule has 1 aromatic carbocycles. The molecule has 0 spiro atoms. The fourth-order valence-corrected chi connectivity index (χ4v) is 1.58. The molecule has 0 unspecified atom stereocenters. The fourth-order valence-electron chi connectivity index (χ4n) is 1.58. The van der Waals surface area contributed by atoms with Gasteiger partial charge in [-0.3, -0.25) is 4.99 Å². The minimum absolute atomic E-state index is 0.228. The Labute approximate surface area is 79.3 Å². The predicted molar refractivity (Wildman–Crippen MR) is 47.6 cm³/mol. The van der Waals surface area contributed by atoms with Crippen molar-refractivity contribution in [3.8, 4) is 0 Å². The zero-order chi connectivity index (χ0) is 10.2. The molecule has 0 amide bonds. The van der Waals surface area contributed by atoms with Gasteiger partial charge in [-0.2, -0.15) is 13.2 Å². The first-order chi connectivity index (χ1) is 6.59. The fraction of sp³-hybridized carbons (Fsp3) is 0.300. The lowest BCUT2D eigenvalue weighted by Gasteiger charge is -2.18. The highest BCUT2D eigenvalue weighted by molar-refractivity contribution is 6.06. The van der Waals surface area contributed by atoms with Crippen molar-refractivity contribution in [3.05, 3.63) is 35.4 Å². The second-order valence-corrected chi connectivity index (χ2v) is 3.14. The standard InChI is InChI=1S/C10H8F3N/c11-10(12,13)9-8-4-2-1-3-7(8)5-6-14-9/h1-4H,5-6H2. The van der Waals surface area contributed by atoms with Gasteiger partial charge in [0.05, 0.1) is 0 Å². The van der Waals surface area contributed by atoms with E-state index in [1.165, 1.54) is 6.07 Å². The molecule has 14 heavy (non-hydrogen) atoms. The Morgan fingerprint density at radius 1 is 1.14 bits per heavy atom. The van der Waals surface area contributed by atoms with Crippen LogP contribution in [0.4, 0.5) is 13.2 Å². The Bertz CT molecular complexity index is 379. The first-order valence-corrected chi connectivity index (χ1v) is 4.29. The highest BCUT2D eigenvalue weighted by Crippen LogP contribution is 2.27. The largest absolute Gasteiger partial charge is 0.433 e. The van der Waals surface area contributed by atoms with Crippen LogP contribution in [0.5, 0.6) is 0 Å². The SMILES string of the molecule is FC(F)(F)C1=NCCc2ccccc21. The molecule has 1 nitrogen and oxygen atoms in total. The van der Waals surface area contributed by atoms with Crippen molar-refractivity contribution in [1.82, 2.24) is 0 Å². The van der Waals surface area contributed by atoms with Crippen molar-refractivity contribution in [2.45, 2.75) is 12.6 Å². The molecule has 1 aromatic rings. The average Bonchev–Trinajstić information content (AvgIpc) is 2.15. The highest BCUT2D eigenvalue weighted by Gasteiger charge is 2.38. The van der Waals surface area contributed by atoms with Gasteiger partial charge >= 0.3 is 6.18 Å². The summed E-state index contributed by atoms with van der Waals surface area (Å²) in [6.45, 7) is 0.228. The van der Waals surface area contributed by atoms with Gasteiger partial charge in [-0.1, -0.05) is 24.3 Å². The molecule has 0 bridgehead atoms. The van der Waals surface area contributed by atoms with E-state index in [4.69, 9.17) is 0 Å². The van der Waals surface area contributed by atoms with Gasteiger partial charge in [0.15, 0.2) is 0 Å². The molecule has 74 valence electrons. The quantitative estimate of drug-likeness (QED) is 0.609. The summed E-state index contributed by atoms with van der Waals surface area (Å²) in [5.74, 6) is 0. The van der Waals surface area contributed by atoms with Crippen molar-refractivity contribution >= 4 is 5.71 Å². The molecule has 4 heteroatoms. The van der Waals surface area contributed by atoms with Crippen LogP contribution in [0.15, 0.2) is 29.3 Å². The smallest absolute Gasteiger partial charge is 0.280 e. The number of fused-ring (bicyclic) bond motifs is 1. The predicted octanol–water partition coefficient (Wildman–Crippen LogP) is 2.59. The van der Waals surface area contributed by atoms with Gasteiger partial charge in [0.2, 0.25) is 0 Å². The van der Waals surface area contributed by atoms with Crippen LogP contribution in [0.3, 0.4) is 0 Å². The van der Waals surface area contributed by atoms with E-state index in [1.807, 2.05) is 0 Å². The molecule has 2 rings (SSSR count). The third-order valence-electron chi connectivity index (χ3n) is 2.19. The molecule has 0 aliphatic carbocycles. The van der Waals surface area contributed by atoms with Crippen LogP contribution in [-0.2, 0) is 6.42 Å². The number of hydrogen-bond donors (Lipinski definition) is 0. The van der Waals surface area contributed by atoms with Gasteiger partial charge in [-0.05, 0) is 12.0 Å². The number of nitrogens with zero attached hydrogens (tertiary/aromatic N) is 1. The van der Waals surface area contributed by atoms with Gasteiger partial charge in [0, 0.05) is 12.1 Å². The maximum atomic E-state index is 12.5. The summed E-state index contributed by atoms with van der Waals surface area (Å²) in [5.41, 5.74) is 0.223. The van der Waals surface area contributed by atoms with Crippen molar-refractivity contribution in [3.63, 3.8) is 0 Å². The molecule has 0 N–H and O–H groups in total. The molecule has 0 fully saturated rings. The van der Waals surface area contributed by atoms with E-state index in [-0.39, 0.29) is 12.1 Å². The van der Waals surface area contributed by atoms with Gasteiger partial charge in [0.25, 0.3) is 0 Å². The minimum atomic E-state index is -4.34. The second kappa shape index (κ2) is 3.12. The summed E-state index contributed by atoms with van der Waals surface area (Å²) in [6.07, 6.45) is -3.74. The Hall–Kier alpha value is -1.32. The molecule has 0 aromatic heterocycles. The molecule has 1 aliphatic heterocycles.